The predicted molar refractivity (Wildman–Crippen MR) is 88.6 cm³/mol. The van der Waals surface area contributed by atoms with E-state index < -0.39 is 0 Å². The summed E-state index contributed by atoms with van der Waals surface area (Å²) in [6.45, 7) is 2.07. The van der Waals surface area contributed by atoms with Gasteiger partial charge in [-0.1, -0.05) is 61.7 Å². The first-order valence-electron chi connectivity index (χ1n) is 6.16. The fourth-order valence-electron chi connectivity index (χ4n) is 2.27. The summed E-state index contributed by atoms with van der Waals surface area (Å²) in [5.74, 6) is 0. The molecule has 2 N–H and O–H groups in total. The normalized spacial score (nSPS) is 12.8. The number of benzene rings is 2. The van der Waals surface area contributed by atoms with Crippen LogP contribution in [0.2, 0.25) is 0 Å². The first-order chi connectivity index (χ1) is 9.54. The highest BCUT2D eigenvalue weighted by molar-refractivity contribution is 9.11. The second-order valence-electron chi connectivity index (χ2n) is 4.78. The molecule has 0 aliphatic rings. The van der Waals surface area contributed by atoms with Gasteiger partial charge in [-0.05, 0) is 30.2 Å². The highest BCUT2D eigenvalue weighted by atomic mass is 79.9. The summed E-state index contributed by atoms with van der Waals surface area (Å²) in [6.07, 6.45) is 0. The number of halogens is 2. The van der Waals surface area contributed by atoms with Gasteiger partial charge in [0.1, 0.15) is 0 Å². The molecular formula is C15H12Br2N2O. The summed E-state index contributed by atoms with van der Waals surface area (Å²) in [7, 11) is 0. The molecule has 2 aromatic carbocycles. The van der Waals surface area contributed by atoms with E-state index in [2.05, 4.69) is 67.0 Å². The second kappa shape index (κ2) is 5.22. The van der Waals surface area contributed by atoms with E-state index in [1.54, 1.807) is 0 Å². The third kappa shape index (κ3) is 2.47. The number of rotatable bonds is 2. The maximum Gasteiger partial charge on any atom is 0.323 e. The van der Waals surface area contributed by atoms with Crippen molar-refractivity contribution >= 4 is 42.9 Å². The van der Waals surface area contributed by atoms with Gasteiger partial charge in [-0.2, -0.15) is 0 Å². The van der Waals surface area contributed by atoms with E-state index in [0.29, 0.717) is 0 Å². The molecule has 0 bridgehead atoms. The van der Waals surface area contributed by atoms with E-state index in [1.165, 1.54) is 11.1 Å². The van der Waals surface area contributed by atoms with E-state index in [0.717, 1.165) is 21.1 Å². The molecule has 1 unspecified atom stereocenters. The molecule has 3 aromatic rings. The van der Waals surface area contributed by atoms with E-state index in [1.807, 2.05) is 18.2 Å². The van der Waals surface area contributed by atoms with E-state index in [-0.39, 0.29) is 10.5 Å². The van der Waals surface area contributed by atoms with Crippen molar-refractivity contribution in [3.63, 3.8) is 0 Å². The minimum Gasteiger partial charge on any atom is -0.306 e. The third-order valence-corrected chi connectivity index (χ3v) is 4.95. The number of imidazole rings is 1. The molecule has 0 fully saturated rings. The summed E-state index contributed by atoms with van der Waals surface area (Å²) in [6, 6.07) is 12.3. The molecule has 5 heteroatoms. The number of aromatic amines is 2. The monoisotopic (exact) mass is 394 g/mol. The fraction of sp³-hybridized carbons (Fsp3) is 0.133. The molecule has 20 heavy (non-hydrogen) atoms. The summed E-state index contributed by atoms with van der Waals surface area (Å²) >= 11 is 7.32. The van der Waals surface area contributed by atoms with Gasteiger partial charge < -0.3 is 9.97 Å². The number of hydrogen-bond acceptors (Lipinski definition) is 1. The second-order valence-corrected chi connectivity index (χ2v) is 6.55. The number of hydrogen-bond donors (Lipinski definition) is 2. The van der Waals surface area contributed by atoms with Gasteiger partial charge in [0.15, 0.2) is 0 Å². The molecule has 0 amide bonds. The average molecular weight is 396 g/mol. The quantitative estimate of drug-likeness (QED) is 0.620. The fourth-order valence-corrected chi connectivity index (χ4v) is 3.82. The Morgan fingerprint density at radius 1 is 1.10 bits per heavy atom. The standard InChI is InChI=1S/C15H12Br2N2O/c1-8-3-2-4-9(5-8)14(17)10-6-12-13(7-11(10)16)19-15(20)18-12/h2-7,14H,1H3,(H2,18,19,20). The van der Waals surface area contributed by atoms with Crippen molar-refractivity contribution in [2.24, 2.45) is 0 Å². The van der Waals surface area contributed by atoms with Crippen LogP contribution in [0.15, 0.2) is 45.7 Å². The lowest BCUT2D eigenvalue weighted by Crippen LogP contribution is -1.99. The minimum atomic E-state index is -0.189. The Balaban J connectivity index is 2.13. The lowest BCUT2D eigenvalue weighted by molar-refractivity contribution is 1.16. The van der Waals surface area contributed by atoms with Gasteiger partial charge in [0.2, 0.25) is 0 Å². The predicted octanol–water partition coefficient (Wildman–Crippen LogP) is 4.41. The lowest BCUT2D eigenvalue weighted by Gasteiger charge is -2.13. The third-order valence-electron chi connectivity index (χ3n) is 3.24. The van der Waals surface area contributed by atoms with Crippen LogP contribution in [0.1, 0.15) is 21.5 Å². The Kier molecular flexibility index (Phi) is 3.56. The van der Waals surface area contributed by atoms with Crippen molar-refractivity contribution in [2.45, 2.75) is 11.8 Å². The smallest absolute Gasteiger partial charge is 0.306 e. The van der Waals surface area contributed by atoms with Crippen molar-refractivity contribution < 1.29 is 0 Å². The van der Waals surface area contributed by atoms with Crippen LogP contribution in [0.3, 0.4) is 0 Å². The van der Waals surface area contributed by atoms with Gasteiger partial charge in [-0.3, -0.25) is 0 Å². The molecular weight excluding hydrogens is 384 g/mol. The Hall–Kier alpha value is -1.33. The molecule has 0 saturated carbocycles. The Morgan fingerprint density at radius 2 is 1.80 bits per heavy atom. The Bertz CT molecular complexity index is 835. The number of alkyl halides is 1. The SMILES string of the molecule is Cc1cccc(C(Br)c2cc3[nH]c(=O)[nH]c3cc2Br)c1. The van der Waals surface area contributed by atoms with Gasteiger partial charge in [0.25, 0.3) is 0 Å². The zero-order valence-electron chi connectivity index (χ0n) is 10.7. The molecule has 3 nitrogen and oxygen atoms in total. The molecule has 1 atom stereocenters. The number of aryl methyl sites for hydroxylation is 1. The van der Waals surface area contributed by atoms with Crippen LogP contribution < -0.4 is 5.69 Å². The number of nitrogens with one attached hydrogen (secondary N) is 2. The van der Waals surface area contributed by atoms with Crippen molar-refractivity contribution in [2.75, 3.05) is 0 Å². The zero-order valence-corrected chi connectivity index (χ0v) is 13.9. The van der Waals surface area contributed by atoms with E-state index in [9.17, 15) is 4.79 Å². The van der Waals surface area contributed by atoms with Crippen LogP contribution >= 0.6 is 31.9 Å². The van der Waals surface area contributed by atoms with Crippen molar-refractivity contribution in [3.8, 4) is 0 Å². The summed E-state index contributed by atoms with van der Waals surface area (Å²) in [4.78, 5) is 17.0. The van der Waals surface area contributed by atoms with Crippen molar-refractivity contribution in [3.05, 3.63) is 68.0 Å². The zero-order chi connectivity index (χ0) is 14.3. The summed E-state index contributed by atoms with van der Waals surface area (Å²) < 4.78 is 0.962. The van der Waals surface area contributed by atoms with Crippen LogP contribution in [-0.4, -0.2) is 9.97 Å². The van der Waals surface area contributed by atoms with Crippen LogP contribution in [0.5, 0.6) is 0 Å². The first-order valence-corrected chi connectivity index (χ1v) is 7.87. The summed E-state index contributed by atoms with van der Waals surface area (Å²) in [5, 5.41) is 0. The minimum absolute atomic E-state index is 0.0691. The van der Waals surface area contributed by atoms with Gasteiger partial charge in [0, 0.05) is 4.47 Å². The number of H-pyrrole nitrogens is 2. The van der Waals surface area contributed by atoms with Gasteiger partial charge in [0.05, 0.1) is 15.9 Å². The van der Waals surface area contributed by atoms with Gasteiger partial charge in [-0.25, -0.2) is 4.79 Å². The van der Waals surface area contributed by atoms with Crippen LogP contribution in [0, 0.1) is 6.92 Å². The molecule has 102 valence electrons. The number of aromatic nitrogens is 2. The maximum atomic E-state index is 11.4. The van der Waals surface area contributed by atoms with Crippen LogP contribution in [0.4, 0.5) is 0 Å². The van der Waals surface area contributed by atoms with E-state index >= 15 is 0 Å². The molecule has 0 aliphatic carbocycles. The molecule has 0 spiro atoms. The van der Waals surface area contributed by atoms with Crippen molar-refractivity contribution in [1.82, 2.24) is 9.97 Å². The molecule has 0 aliphatic heterocycles. The van der Waals surface area contributed by atoms with Gasteiger partial charge >= 0.3 is 5.69 Å². The van der Waals surface area contributed by atoms with E-state index in [4.69, 9.17) is 0 Å². The van der Waals surface area contributed by atoms with Gasteiger partial charge in [-0.15, -0.1) is 0 Å². The highest BCUT2D eigenvalue weighted by Crippen LogP contribution is 2.37. The number of fused-ring (bicyclic) bond motifs is 1. The maximum absolute atomic E-state index is 11.4. The van der Waals surface area contributed by atoms with Crippen LogP contribution in [-0.2, 0) is 0 Å². The largest absolute Gasteiger partial charge is 0.323 e. The molecule has 1 heterocycles. The summed E-state index contributed by atoms with van der Waals surface area (Å²) in [5.41, 5.74) is 4.91. The average Bonchev–Trinajstić information content (AvgIpc) is 2.76. The molecule has 1 aromatic heterocycles. The molecule has 0 saturated heterocycles. The first kappa shape index (κ1) is 13.6. The highest BCUT2D eigenvalue weighted by Gasteiger charge is 2.15. The van der Waals surface area contributed by atoms with Crippen molar-refractivity contribution in [1.29, 1.82) is 0 Å². The Morgan fingerprint density at radius 3 is 2.50 bits per heavy atom. The molecule has 0 radical (unpaired) electrons. The Labute approximate surface area is 132 Å². The van der Waals surface area contributed by atoms with Crippen LogP contribution in [0.25, 0.3) is 11.0 Å². The topological polar surface area (TPSA) is 48.6 Å². The molecule has 3 rings (SSSR count). The lowest BCUT2D eigenvalue weighted by atomic mass is 10.0.